The highest BCUT2D eigenvalue weighted by Gasteiger charge is 2.32. The Balaban J connectivity index is 1.59. The summed E-state index contributed by atoms with van der Waals surface area (Å²) in [6.07, 6.45) is 1.12. The van der Waals surface area contributed by atoms with Crippen LogP contribution >= 0.6 is 11.6 Å². The zero-order valence-corrected chi connectivity index (χ0v) is 20.1. The van der Waals surface area contributed by atoms with Gasteiger partial charge in [-0.05, 0) is 56.2 Å². The molecule has 6 nitrogen and oxygen atoms in total. The predicted octanol–water partition coefficient (Wildman–Crippen LogP) is 4.72. The number of anilines is 1. The summed E-state index contributed by atoms with van der Waals surface area (Å²) < 4.78 is 19.0. The average Bonchev–Trinajstić information content (AvgIpc) is 2.77. The minimum atomic E-state index is -0.246. The SMILES string of the molecule is CCCC(=O)Nc1cc(Cl)ccc1OCC(=O)N1C[C@@H](C)N(Cc2ccc(F)cc2)C[C@@H]1C. The van der Waals surface area contributed by atoms with Crippen molar-refractivity contribution in [3.8, 4) is 5.75 Å². The van der Waals surface area contributed by atoms with Crippen LogP contribution in [0.25, 0.3) is 0 Å². The molecule has 0 radical (unpaired) electrons. The lowest BCUT2D eigenvalue weighted by Crippen LogP contribution is -2.58. The highest BCUT2D eigenvalue weighted by Crippen LogP contribution is 2.28. The fourth-order valence-electron chi connectivity index (χ4n) is 3.98. The first-order valence-electron chi connectivity index (χ1n) is 11.3. The molecular weight excluding hydrogens is 445 g/mol. The predicted molar refractivity (Wildman–Crippen MR) is 128 cm³/mol. The van der Waals surface area contributed by atoms with Crippen molar-refractivity contribution >= 4 is 29.1 Å². The van der Waals surface area contributed by atoms with Crippen LogP contribution in [0.5, 0.6) is 5.75 Å². The van der Waals surface area contributed by atoms with Gasteiger partial charge in [-0.25, -0.2) is 4.39 Å². The number of ether oxygens (including phenoxy) is 1. The summed E-state index contributed by atoms with van der Waals surface area (Å²) in [6.45, 7) is 7.88. The lowest BCUT2D eigenvalue weighted by molar-refractivity contribution is -0.139. The second kappa shape index (κ2) is 11.5. The highest BCUT2D eigenvalue weighted by atomic mass is 35.5. The monoisotopic (exact) mass is 475 g/mol. The topological polar surface area (TPSA) is 61.9 Å². The molecule has 1 aliphatic rings. The Morgan fingerprint density at radius 3 is 2.55 bits per heavy atom. The molecule has 0 aromatic heterocycles. The lowest BCUT2D eigenvalue weighted by Gasteiger charge is -2.44. The summed E-state index contributed by atoms with van der Waals surface area (Å²) in [5.74, 6) is -0.0792. The number of carbonyl (C=O) groups is 2. The van der Waals surface area contributed by atoms with Gasteiger partial charge in [0.25, 0.3) is 5.91 Å². The van der Waals surface area contributed by atoms with Crippen molar-refractivity contribution in [2.24, 2.45) is 0 Å². The van der Waals surface area contributed by atoms with Gasteiger partial charge >= 0.3 is 0 Å². The number of hydrogen-bond acceptors (Lipinski definition) is 4. The van der Waals surface area contributed by atoms with Crippen LogP contribution in [0.4, 0.5) is 10.1 Å². The largest absolute Gasteiger partial charge is 0.482 e. The minimum absolute atomic E-state index is 0.00620. The number of amides is 2. The van der Waals surface area contributed by atoms with E-state index in [-0.39, 0.29) is 36.3 Å². The maximum Gasteiger partial charge on any atom is 0.260 e. The lowest BCUT2D eigenvalue weighted by atomic mass is 10.1. The molecule has 0 bridgehead atoms. The van der Waals surface area contributed by atoms with Crippen molar-refractivity contribution in [3.05, 3.63) is 58.9 Å². The maximum absolute atomic E-state index is 13.2. The van der Waals surface area contributed by atoms with E-state index in [0.29, 0.717) is 42.5 Å². The molecule has 0 aliphatic carbocycles. The van der Waals surface area contributed by atoms with E-state index in [2.05, 4.69) is 17.1 Å². The highest BCUT2D eigenvalue weighted by molar-refractivity contribution is 6.31. The van der Waals surface area contributed by atoms with Crippen LogP contribution in [0.2, 0.25) is 5.02 Å². The maximum atomic E-state index is 13.2. The normalized spacial score (nSPS) is 18.8. The number of rotatable bonds is 8. The van der Waals surface area contributed by atoms with Crippen LogP contribution in [0.15, 0.2) is 42.5 Å². The molecule has 1 saturated heterocycles. The van der Waals surface area contributed by atoms with Gasteiger partial charge in [0.15, 0.2) is 6.61 Å². The van der Waals surface area contributed by atoms with Gasteiger partial charge in [-0.3, -0.25) is 14.5 Å². The fraction of sp³-hybridized carbons (Fsp3) is 0.440. The molecule has 0 saturated carbocycles. The second-order valence-electron chi connectivity index (χ2n) is 8.53. The molecule has 1 aliphatic heterocycles. The molecule has 0 spiro atoms. The van der Waals surface area contributed by atoms with E-state index in [9.17, 15) is 14.0 Å². The second-order valence-corrected chi connectivity index (χ2v) is 8.96. The number of carbonyl (C=O) groups excluding carboxylic acids is 2. The van der Waals surface area contributed by atoms with Crippen LogP contribution in [0, 0.1) is 5.82 Å². The summed E-state index contributed by atoms with van der Waals surface area (Å²) in [5.41, 5.74) is 1.50. The summed E-state index contributed by atoms with van der Waals surface area (Å²) >= 11 is 6.07. The van der Waals surface area contributed by atoms with Crippen molar-refractivity contribution in [2.45, 2.75) is 52.2 Å². The number of halogens is 2. The summed E-state index contributed by atoms with van der Waals surface area (Å²) in [7, 11) is 0. The van der Waals surface area contributed by atoms with Crippen LogP contribution in [0.1, 0.15) is 39.2 Å². The van der Waals surface area contributed by atoms with Crippen molar-refractivity contribution in [2.75, 3.05) is 25.0 Å². The van der Waals surface area contributed by atoms with Gasteiger partial charge < -0.3 is 15.0 Å². The number of hydrogen-bond donors (Lipinski definition) is 1. The van der Waals surface area contributed by atoms with Gasteiger partial charge in [0.1, 0.15) is 11.6 Å². The molecule has 2 atom stereocenters. The molecule has 178 valence electrons. The Kier molecular flexibility index (Phi) is 8.69. The van der Waals surface area contributed by atoms with Crippen LogP contribution < -0.4 is 10.1 Å². The van der Waals surface area contributed by atoms with Crippen molar-refractivity contribution in [1.29, 1.82) is 0 Å². The molecule has 1 N–H and O–H groups in total. The fourth-order valence-corrected chi connectivity index (χ4v) is 4.15. The van der Waals surface area contributed by atoms with Gasteiger partial charge in [-0.1, -0.05) is 30.7 Å². The Labute approximate surface area is 199 Å². The van der Waals surface area contributed by atoms with Crippen LogP contribution in [0.3, 0.4) is 0 Å². The smallest absolute Gasteiger partial charge is 0.260 e. The first kappa shape index (κ1) is 25.0. The third kappa shape index (κ3) is 6.92. The third-order valence-corrected chi connectivity index (χ3v) is 6.01. The van der Waals surface area contributed by atoms with Gasteiger partial charge in [-0.2, -0.15) is 0 Å². The first-order chi connectivity index (χ1) is 15.8. The molecule has 1 fully saturated rings. The van der Waals surface area contributed by atoms with Gasteiger partial charge in [0.2, 0.25) is 5.91 Å². The Morgan fingerprint density at radius 1 is 1.12 bits per heavy atom. The van der Waals surface area contributed by atoms with Crippen molar-refractivity contribution in [1.82, 2.24) is 9.80 Å². The average molecular weight is 476 g/mol. The summed E-state index contributed by atoms with van der Waals surface area (Å²) in [6, 6.07) is 11.6. The van der Waals surface area contributed by atoms with E-state index in [1.165, 1.54) is 12.1 Å². The van der Waals surface area contributed by atoms with E-state index in [4.69, 9.17) is 16.3 Å². The number of nitrogens with zero attached hydrogens (tertiary/aromatic N) is 2. The molecule has 0 unspecified atom stereocenters. The van der Waals surface area contributed by atoms with E-state index in [1.54, 1.807) is 30.3 Å². The third-order valence-electron chi connectivity index (χ3n) is 5.78. The zero-order valence-electron chi connectivity index (χ0n) is 19.3. The van der Waals surface area contributed by atoms with Gasteiger partial charge in [0, 0.05) is 43.2 Å². The Hall–Kier alpha value is -2.64. The quantitative estimate of drug-likeness (QED) is 0.600. The number of piperazine rings is 1. The molecule has 8 heteroatoms. The molecule has 33 heavy (non-hydrogen) atoms. The van der Waals surface area contributed by atoms with Gasteiger partial charge in [0.05, 0.1) is 5.69 Å². The van der Waals surface area contributed by atoms with E-state index >= 15 is 0 Å². The van der Waals surface area contributed by atoms with E-state index in [0.717, 1.165) is 12.0 Å². The zero-order chi connectivity index (χ0) is 24.0. The molecule has 2 amide bonds. The van der Waals surface area contributed by atoms with Crippen LogP contribution in [-0.4, -0.2) is 53.4 Å². The van der Waals surface area contributed by atoms with E-state index in [1.807, 2.05) is 18.7 Å². The Bertz CT molecular complexity index is 970. The number of nitrogens with one attached hydrogen (secondary N) is 1. The number of benzene rings is 2. The standard InChI is InChI=1S/C25H31ClFN3O3/c1-4-5-24(31)28-22-12-20(26)8-11-23(22)33-16-25(32)30-14-17(2)29(13-18(30)3)15-19-6-9-21(27)10-7-19/h6-12,17-18H,4-5,13-16H2,1-3H3,(H,28,31)/t17-,18+/m1/s1. The molecule has 3 rings (SSSR count). The first-order valence-corrected chi connectivity index (χ1v) is 11.6. The van der Waals surface area contributed by atoms with E-state index < -0.39 is 0 Å². The van der Waals surface area contributed by atoms with Gasteiger partial charge in [-0.15, -0.1) is 0 Å². The summed E-state index contributed by atoms with van der Waals surface area (Å²) in [4.78, 5) is 29.1. The van der Waals surface area contributed by atoms with Crippen molar-refractivity contribution < 1.29 is 18.7 Å². The Morgan fingerprint density at radius 2 is 1.85 bits per heavy atom. The minimum Gasteiger partial charge on any atom is -0.482 e. The summed E-state index contributed by atoms with van der Waals surface area (Å²) in [5, 5.41) is 3.27. The molecular formula is C25H31ClFN3O3. The van der Waals surface area contributed by atoms with Crippen LogP contribution in [-0.2, 0) is 16.1 Å². The molecule has 2 aromatic rings. The molecule has 2 aromatic carbocycles. The van der Waals surface area contributed by atoms with Crippen molar-refractivity contribution in [3.63, 3.8) is 0 Å². The molecule has 1 heterocycles.